The zero-order valence-electron chi connectivity index (χ0n) is 29.3. The number of fused-ring (bicyclic) bond motifs is 6. The lowest BCUT2D eigenvalue weighted by molar-refractivity contribution is 0.669. The topological polar surface area (TPSA) is 16.4 Å². The molecule has 0 aliphatic carbocycles. The van der Waals surface area contributed by atoms with Crippen molar-refractivity contribution >= 4 is 60.5 Å². The summed E-state index contributed by atoms with van der Waals surface area (Å²) in [4.78, 5) is 2.36. The third kappa shape index (κ3) is 5.44. The highest BCUT2D eigenvalue weighted by Gasteiger charge is 2.20. The van der Waals surface area contributed by atoms with Crippen LogP contribution in [-0.2, 0) is 0 Å². The molecule has 0 amide bonds. The zero-order chi connectivity index (χ0) is 35.3. The van der Waals surface area contributed by atoms with E-state index in [1.54, 1.807) is 0 Å². The SMILES string of the molecule is Cc1cccc(-c2ccc(-c3ccc(N(c4ccc(-c5cc6ccccc6c6ccccc56)cc4)c4cccc5oc6ccccc6c45)cc3)cc2)c1. The van der Waals surface area contributed by atoms with Gasteiger partial charge in [0.2, 0.25) is 0 Å². The molecule has 0 radical (unpaired) electrons. The van der Waals surface area contributed by atoms with Gasteiger partial charge in [-0.05, 0) is 110 Å². The first kappa shape index (κ1) is 30.9. The second-order valence-electron chi connectivity index (χ2n) is 13.8. The molecule has 2 nitrogen and oxygen atoms in total. The summed E-state index contributed by atoms with van der Waals surface area (Å²) in [5, 5.41) is 7.26. The number of rotatable bonds is 6. The minimum absolute atomic E-state index is 0.873. The summed E-state index contributed by atoms with van der Waals surface area (Å²) < 4.78 is 6.37. The summed E-state index contributed by atoms with van der Waals surface area (Å²) >= 11 is 0. The average molecular weight is 678 g/mol. The Morgan fingerprint density at radius 2 is 0.925 bits per heavy atom. The molecule has 0 unspecified atom stereocenters. The van der Waals surface area contributed by atoms with Crippen LogP contribution in [0.3, 0.4) is 0 Å². The maximum atomic E-state index is 6.37. The van der Waals surface area contributed by atoms with Gasteiger partial charge in [0.25, 0.3) is 0 Å². The van der Waals surface area contributed by atoms with Crippen molar-refractivity contribution in [2.24, 2.45) is 0 Å². The molecule has 1 aromatic heterocycles. The minimum atomic E-state index is 0.873. The fourth-order valence-corrected chi connectivity index (χ4v) is 7.94. The summed E-state index contributed by atoms with van der Waals surface area (Å²) in [5.41, 5.74) is 13.5. The lowest BCUT2D eigenvalue weighted by atomic mass is 9.93. The van der Waals surface area contributed by atoms with Gasteiger partial charge >= 0.3 is 0 Å². The van der Waals surface area contributed by atoms with Gasteiger partial charge in [-0.25, -0.2) is 0 Å². The lowest BCUT2D eigenvalue weighted by Gasteiger charge is -2.27. The first-order valence-corrected chi connectivity index (χ1v) is 18.2. The Kier molecular flexibility index (Phi) is 7.40. The van der Waals surface area contributed by atoms with Crippen molar-refractivity contribution in [1.29, 1.82) is 0 Å². The largest absolute Gasteiger partial charge is 0.456 e. The molecule has 53 heavy (non-hydrogen) atoms. The van der Waals surface area contributed by atoms with E-state index in [0.717, 1.165) is 39.0 Å². The third-order valence-electron chi connectivity index (χ3n) is 10.5. The minimum Gasteiger partial charge on any atom is -0.456 e. The summed E-state index contributed by atoms with van der Waals surface area (Å²) in [6.45, 7) is 2.14. The van der Waals surface area contributed by atoms with Crippen molar-refractivity contribution in [3.63, 3.8) is 0 Å². The fourth-order valence-electron chi connectivity index (χ4n) is 7.94. The second-order valence-corrected chi connectivity index (χ2v) is 13.8. The molecule has 0 aliphatic heterocycles. The molecule has 10 aromatic rings. The van der Waals surface area contributed by atoms with Crippen LogP contribution in [0.5, 0.6) is 0 Å². The Balaban J connectivity index is 1.08. The van der Waals surface area contributed by atoms with Crippen molar-refractivity contribution in [2.45, 2.75) is 6.92 Å². The van der Waals surface area contributed by atoms with E-state index >= 15 is 0 Å². The van der Waals surface area contributed by atoms with Crippen molar-refractivity contribution in [3.05, 3.63) is 200 Å². The number of anilines is 3. The quantitative estimate of drug-likeness (QED) is 0.163. The summed E-state index contributed by atoms with van der Waals surface area (Å²) in [6, 6.07) is 69.9. The molecular formula is C51H35NO. The van der Waals surface area contributed by atoms with Gasteiger partial charge in [0.05, 0.1) is 11.1 Å². The first-order chi connectivity index (χ1) is 26.2. The Morgan fingerprint density at radius 3 is 1.64 bits per heavy atom. The van der Waals surface area contributed by atoms with Gasteiger partial charge in [0, 0.05) is 16.8 Å². The number of hydrogen-bond donors (Lipinski definition) is 0. The van der Waals surface area contributed by atoms with Crippen molar-refractivity contribution in [1.82, 2.24) is 0 Å². The number of aryl methyl sites for hydroxylation is 1. The van der Waals surface area contributed by atoms with Gasteiger partial charge in [-0.15, -0.1) is 0 Å². The molecule has 0 saturated heterocycles. The van der Waals surface area contributed by atoms with E-state index < -0.39 is 0 Å². The molecule has 0 saturated carbocycles. The fraction of sp³-hybridized carbons (Fsp3) is 0.0196. The molecule has 0 atom stereocenters. The standard InChI is InChI=1S/C51H35NO/c1-34-10-8-12-39(32-34)37-22-20-35(21-23-37)36-24-28-41(29-25-36)52(48-17-9-19-50-51(48)46-16-6-7-18-49(46)53-50)42-30-26-38(27-31-42)47-33-40-11-2-3-13-43(40)44-14-4-5-15-45(44)47/h2-33H,1H3. The van der Waals surface area contributed by atoms with Gasteiger partial charge in [-0.2, -0.15) is 0 Å². The number of furan rings is 1. The predicted octanol–water partition coefficient (Wildman–Crippen LogP) is 14.7. The van der Waals surface area contributed by atoms with Crippen LogP contribution < -0.4 is 4.90 Å². The zero-order valence-corrected chi connectivity index (χ0v) is 29.3. The number of benzene rings is 9. The summed E-state index contributed by atoms with van der Waals surface area (Å²) in [6.07, 6.45) is 0. The highest BCUT2D eigenvalue weighted by Crippen LogP contribution is 2.44. The van der Waals surface area contributed by atoms with Crippen molar-refractivity contribution in [3.8, 4) is 33.4 Å². The van der Waals surface area contributed by atoms with Crippen LogP contribution in [0.25, 0.3) is 76.9 Å². The van der Waals surface area contributed by atoms with Crippen LogP contribution in [0.4, 0.5) is 17.1 Å². The maximum absolute atomic E-state index is 6.37. The molecular weight excluding hydrogens is 643 g/mol. The van der Waals surface area contributed by atoms with E-state index in [9.17, 15) is 0 Å². The molecule has 10 rings (SSSR count). The number of para-hydroxylation sites is 1. The highest BCUT2D eigenvalue weighted by molar-refractivity contribution is 6.15. The van der Waals surface area contributed by atoms with Crippen LogP contribution in [0, 0.1) is 6.92 Å². The van der Waals surface area contributed by atoms with Crippen LogP contribution in [-0.4, -0.2) is 0 Å². The Bertz CT molecular complexity index is 2930. The third-order valence-corrected chi connectivity index (χ3v) is 10.5. The Labute approximate surface area is 308 Å². The van der Waals surface area contributed by atoms with Gasteiger partial charge in [-0.3, -0.25) is 0 Å². The smallest absolute Gasteiger partial charge is 0.137 e. The Morgan fingerprint density at radius 1 is 0.377 bits per heavy atom. The van der Waals surface area contributed by atoms with Crippen LogP contribution in [0.15, 0.2) is 199 Å². The number of nitrogens with zero attached hydrogens (tertiary/aromatic N) is 1. The van der Waals surface area contributed by atoms with E-state index in [4.69, 9.17) is 4.42 Å². The molecule has 0 bridgehead atoms. The molecule has 1 heterocycles. The number of hydrogen-bond acceptors (Lipinski definition) is 2. The molecule has 0 spiro atoms. The predicted molar refractivity (Wildman–Crippen MR) is 224 cm³/mol. The van der Waals surface area contributed by atoms with E-state index in [-0.39, 0.29) is 0 Å². The van der Waals surface area contributed by atoms with Crippen LogP contribution in [0.2, 0.25) is 0 Å². The van der Waals surface area contributed by atoms with E-state index in [2.05, 4.69) is 194 Å². The van der Waals surface area contributed by atoms with Gasteiger partial charge in [0.15, 0.2) is 0 Å². The van der Waals surface area contributed by atoms with Gasteiger partial charge < -0.3 is 9.32 Å². The van der Waals surface area contributed by atoms with Gasteiger partial charge in [0.1, 0.15) is 11.2 Å². The molecule has 0 N–H and O–H groups in total. The lowest BCUT2D eigenvalue weighted by Crippen LogP contribution is -2.10. The molecule has 2 heteroatoms. The van der Waals surface area contributed by atoms with Crippen LogP contribution in [0.1, 0.15) is 5.56 Å². The molecule has 250 valence electrons. The molecule has 9 aromatic carbocycles. The maximum Gasteiger partial charge on any atom is 0.137 e. The second kappa shape index (κ2) is 12.7. The Hall–Kier alpha value is -6.90. The average Bonchev–Trinajstić information content (AvgIpc) is 3.61. The van der Waals surface area contributed by atoms with E-state index in [1.807, 2.05) is 12.1 Å². The van der Waals surface area contributed by atoms with Crippen molar-refractivity contribution < 1.29 is 4.42 Å². The van der Waals surface area contributed by atoms with Gasteiger partial charge in [-0.1, -0.05) is 151 Å². The van der Waals surface area contributed by atoms with E-state index in [0.29, 0.717) is 0 Å². The summed E-state index contributed by atoms with van der Waals surface area (Å²) in [7, 11) is 0. The first-order valence-electron chi connectivity index (χ1n) is 18.2. The normalized spacial score (nSPS) is 11.5. The monoisotopic (exact) mass is 677 g/mol. The van der Waals surface area contributed by atoms with Crippen LogP contribution >= 0.6 is 0 Å². The summed E-state index contributed by atoms with van der Waals surface area (Å²) in [5.74, 6) is 0. The molecule has 0 aliphatic rings. The highest BCUT2D eigenvalue weighted by atomic mass is 16.3. The molecule has 0 fully saturated rings. The van der Waals surface area contributed by atoms with E-state index in [1.165, 1.54) is 60.5 Å². The van der Waals surface area contributed by atoms with Crippen molar-refractivity contribution in [2.75, 3.05) is 4.90 Å².